The monoisotopic (exact) mass is 369 g/mol. The summed E-state index contributed by atoms with van der Waals surface area (Å²) in [6, 6.07) is 6.49. The van der Waals surface area contributed by atoms with E-state index in [2.05, 4.69) is 4.74 Å². The molecule has 1 fully saturated rings. The molecule has 2 rings (SSSR count). The summed E-state index contributed by atoms with van der Waals surface area (Å²) in [5, 5.41) is -0.122. The van der Waals surface area contributed by atoms with E-state index in [4.69, 9.17) is 21.1 Å². The molecule has 0 bridgehead atoms. The second-order valence-electron chi connectivity index (χ2n) is 6.95. The maximum absolute atomic E-state index is 12.3. The number of hydrogen-bond donors (Lipinski definition) is 0. The molecule has 0 aliphatic carbocycles. The molecule has 0 aromatic heterocycles. The Hall–Kier alpha value is -1.95. The quantitative estimate of drug-likeness (QED) is 0.600. The number of alkyl halides is 1. The van der Waals surface area contributed by atoms with Crippen molar-refractivity contribution in [1.29, 1.82) is 0 Å². The maximum atomic E-state index is 12.3. The van der Waals surface area contributed by atoms with Gasteiger partial charge in [0.2, 0.25) is 0 Å². The number of ether oxygens (including phenoxy) is 3. The van der Waals surface area contributed by atoms with Crippen molar-refractivity contribution in [2.45, 2.75) is 44.2 Å². The number of rotatable bonds is 4. The van der Waals surface area contributed by atoms with E-state index >= 15 is 0 Å². The fraction of sp³-hybridized carbons (Fsp3) is 0.556. The zero-order valence-electron chi connectivity index (χ0n) is 15.0. The van der Waals surface area contributed by atoms with Crippen LogP contribution in [-0.4, -0.2) is 54.2 Å². The van der Waals surface area contributed by atoms with Crippen molar-refractivity contribution in [3.8, 4) is 5.75 Å². The number of carbonyl (C=O) groups excluding carboxylic acids is 2. The van der Waals surface area contributed by atoms with Crippen LogP contribution in [0.5, 0.6) is 5.75 Å². The summed E-state index contributed by atoms with van der Waals surface area (Å²) in [4.78, 5) is 25.4. The van der Waals surface area contributed by atoms with Crippen LogP contribution in [-0.2, 0) is 9.47 Å². The number of halogens is 1. The standard InChI is InChI=1S/C18H24ClNO5/c1-18(2,3)25-17(22)20-10-13(19)9-14(20)11-24-15-7-5-12(6-8-15)16(21)23-4/h5-8,13-14H,9-11H2,1-4H3/t13-,14-/m0/s1. The van der Waals surface area contributed by atoms with Crippen LogP contribution in [0.2, 0.25) is 0 Å². The molecule has 1 saturated heterocycles. The van der Waals surface area contributed by atoms with Gasteiger partial charge in [-0.3, -0.25) is 0 Å². The first-order valence-electron chi connectivity index (χ1n) is 8.14. The number of hydrogen-bond acceptors (Lipinski definition) is 5. The molecule has 1 aliphatic rings. The predicted octanol–water partition coefficient (Wildman–Crippen LogP) is 3.47. The summed E-state index contributed by atoms with van der Waals surface area (Å²) in [5.41, 5.74) is -0.108. The van der Waals surface area contributed by atoms with Gasteiger partial charge in [-0.25, -0.2) is 9.59 Å². The minimum atomic E-state index is -0.559. The highest BCUT2D eigenvalue weighted by atomic mass is 35.5. The van der Waals surface area contributed by atoms with Crippen molar-refractivity contribution >= 4 is 23.7 Å². The van der Waals surface area contributed by atoms with Gasteiger partial charge in [-0.05, 0) is 51.5 Å². The molecule has 6 nitrogen and oxygen atoms in total. The molecular formula is C18H24ClNO5. The van der Waals surface area contributed by atoms with Gasteiger partial charge in [0.1, 0.15) is 18.0 Å². The highest BCUT2D eigenvalue weighted by molar-refractivity contribution is 6.21. The molecule has 0 N–H and O–H groups in total. The minimum absolute atomic E-state index is 0.122. The number of likely N-dealkylation sites (tertiary alicyclic amines) is 1. The van der Waals surface area contributed by atoms with E-state index in [1.54, 1.807) is 29.2 Å². The summed E-state index contributed by atoms with van der Waals surface area (Å²) in [6.07, 6.45) is 0.256. The number of esters is 1. The van der Waals surface area contributed by atoms with Gasteiger partial charge in [0.25, 0.3) is 0 Å². The lowest BCUT2D eigenvalue weighted by molar-refractivity contribution is 0.0187. The van der Waals surface area contributed by atoms with Crippen molar-refractivity contribution in [2.24, 2.45) is 0 Å². The normalized spacial score (nSPS) is 20.3. The van der Waals surface area contributed by atoms with Crippen LogP contribution in [0.15, 0.2) is 24.3 Å². The Morgan fingerprint density at radius 3 is 2.44 bits per heavy atom. The van der Waals surface area contributed by atoms with Gasteiger partial charge < -0.3 is 19.1 Å². The Morgan fingerprint density at radius 1 is 1.24 bits per heavy atom. The predicted molar refractivity (Wildman–Crippen MR) is 94.3 cm³/mol. The summed E-state index contributed by atoms with van der Waals surface area (Å²) < 4.78 is 15.8. The number of methoxy groups -OCH3 is 1. The molecule has 1 aromatic rings. The fourth-order valence-electron chi connectivity index (χ4n) is 2.56. The highest BCUT2D eigenvalue weighted by Crippen LogP contribution is 2.25. The van der Waals surface area contributed by atoms with Gasteiger partial charge in [-0.15, -0.1) is 11.6 Å². The van der Waals surface area contributed by atoms with Crippen molar-refractivity contribution in [3.63, 3.8) is 0 Å². The van der Waals surface area contributed by atoms with Crippen molar-refractivity contribution in [1.82, 2.24) is 4.90 Å². The lowest BCUT2D eigenvalue weighted by Crippen LogP contribution is -2.42. The molecule has 7 heteroatoms. The third-order valence-corrected chi connectivity index (χ3v) is 4.03. The van der Waals surface area contributed by atoms with Gasteiger partial charge in [0.05, 0.1) is 24.1 Å². The number of amides is 1. The summed E-state index contributed by atoms with van der Waals surface area (Å²) in [7, 11) is 1.33. The first-order chi connectivity index (χ1) is 11.7. The van der Waals surface area contributed by atoms with E-state index in [9.17, 15) is 9.59 Å². The van der Waals surface area contributed by atoms with E-state index < -0.39 is 11.6 Å². The summed E-state index contributed by atoms with van der Waals surface area (Å²) in [6.45, 7) is 6.22. The van der Waals surface area contributed by atoms with Gasteiger partial charge in [0, 0.05) is 6.54 Å². The number of benzene rings is 1. The highest BCUT2D eigenvalue weighted by Gasteiger charge is 2.37. The molecule has 0 radical (unpaired) electrons. The topological polar surface area (TPSA) is 65.1 Å². The van der Waals surface area contributed by atoms with Crippen LogP contribution in [0.1, 0.15) is 37.6 Å². The van der Waals surface area contributed by atoms with Gasteiger partial charge in [-0.2, -0.15) is 0 Å². The Labute approximate surface area is 153 Å². The number of nitrogens with zero attached hydrogens (tertiary/aromatic N) is 1. The van der Waals surface area contributed by atoms with Crippen LogP contribution in [0.25, 0.3) is 0 Å². The molecule has 1 amide bonds. The smallest absolute Gasteiger partial charge is 0.410 e. The fourth-order valence-corrected chi connectivity index (χ4v) is 2.91. The van der Waals surface area contributed by atoms with Crippen LogP contribution < -0.4 is 4.74 Å². The Kier molecular flexibility index (Phi) is 6.16. The summed E-state index contributed by atoms with van der Waals surface area (Å²) in [5.74, 6) is 0.207. The van der Waals surface area contributed by atoms with E-state index in [0.29, 0.717) is 30.9 Å². The zero-order chi connectivity index (χ0) is 18.6. The van der Waals surface area contributed by atoms with Crippen LogP contribution in [0.3, 0.4) is 0 Å². The third kappa shape index (κ3) is 5.53. The zero-order valence-corrected chi connectivity index (χ0v) is 15.7. The molecule has 1 aromatic carbocycles. The van der Waals surface area contributed by atoms with Gasteiger partial charge in [0.15, 0.2) is 0 Å². The lowest BCUT2D eigenvalue weighted by Gasteiger charge is -2.28. The Morgan fingerprint density at radius 2 is 1.88 bits per heavy atom. The molecule has 0 saturated carbocycles. The second kappa shape index (κ2) is 7.95. The van der Waals surface area contributed by atoms with E-state index in [0.717, 1.165) is 0 Å². The van der Waals surface area contributed by atoms with E-state index in [1.807, 2.05) is 20.8 Å². The Balaban J connectivity index is 1.96. The average Bonchev–Trinajstić information content (AvgIpc) is 2.92. The van der Waals surface area contributed by atoms with Gasteiger partial charge >= 0.3 is 12.1 Å². The average molecular weight is 370 g/mol. The maximum Gasteiger partial charge on any atom is 0.410 e. The SMILES string of the molecule is COC(=O)c1ccc(OC[C@@H]2C[C@H](Cl)CN2C(=O)OC(C)(C)C)cc1. The first kappa shape index (κ1) is 19.4. The lowest BCUT2D eigenvalue weighted by atomic mass is 10.2. The van der Waals surface area contributed by atoms with Crippen molar-refractivity contribution in [3.05, 3.63) is 29.8 Å². The van der Waals surface area contributed by atoms with E-state index in [-0.39, 0.29) is 17.5 Å². The van der Waals surface area contributed by atoms with Crippen LogP contribution in [0.4, 0.5) is 4.79 Å². The molecule has 2 atom stereocenters. The second-order valence-corrected chi connectivity index (χ2v) is 7.56. The Bertz CT molecular complexity index is 611. The van der Waals surface area contributed by atoms with Crippen molar-refractivity contribution in [2.75, 3.05) is 20.3 Å². The van der Waals surface area contributed by atoms with Gasteiger partial charge in [-0.1, -0.05) is 0 Å². The summed E-state index contributed by atoms with van der Waals surface area (Å²) >= 11 is 6.21. The van der Waals surface area contributed by atoms with Crippen molar-refractivity contribution < 1.29 is 23.8 Å². The molecule has 0 unspecified atom stereocenters. The third-order valence-electron chi connectivity index (χ3n) is 3.71. The molecule has 0 spiro atoms. The minimum Gasteiger partial charge on any atom is -0.491 e. The molecular weight excluding hydrogens is 346 g/mol. The molecule has 25 heavy (non-hydrogen) atoms. The van der Waals surface area contributed by atoms with Crippen LogP contribution >= 0.6 is 11.6 Å². The molecule has 1 aliphatic heterocycles. The number of carbonyl (C=O) groups is 2. The first-order valence-corrected chi connectivity index (χ1v) is 8.58. The largest absolute Gasteiger partial charge is 0.491 e. The van der Waals surface area contributed by atoms with Crippen LogP contribution in [0, 0.1) is 0 Å². The molecule has 1 heterocycles. The molecule has 138 valence electrons. The van der Waals surface area contributed by atoms with E-state index in [1.165, 1.54) is 7.11 Å².